The molecule has 0 unspecified atom stereocenters. The van der Waals surface area contributed by atoms with Gasteiger partial charge < -0.3 is 10.2 Å². The van der Waals surface area contributed by atoms with E-state index in [-0.39, 0.29) is 23.3 Å². The molecule has 3 atom stereocenters. The van der Waals surface area contributed by atoms with Crippen LogP contribution in [-0.2, 0) is 4.79 Å². The first-order valence-electron chi connectivity index (χ1n) is 9.69. The number of aromatic nitrogens is 2. The van der Waals surface area contributed by atoms with Crippen molar-refractivity contribution in [2.45, 2.75) is 52.2 Å². The van der Waals surface area contributed by atoms with Crippen LogP contribution in [0.25, 0.3) is 5.69 Å². The third kappa shape index (κ3) is 3.94. The van der Waals surface area contributed by atoms with Crippen LogP contribution in [0.4, 0.5) is 5.82 Å². The highest BCUT2D eigenvalue weighted by Crippen LogP contribution is 2.33. The van der Waals surface area contributed by atoms with E-state index >= 15 is 0 Å². The zero-order chi connectivity index (χ0) is 20.4. The lowest BCUT2D eigenvalue weighted by Crippen LogP contribution is -2.47. The molecule has 1 aromatic heterocycles. The van der Waals surface area contributed by atoms with Crippen molar-refractivity contribution >= 4 is 17.7 Å². The third-order valence-electron chi connectivity index (χ3n) is 5.32. The van der Waals surface area contributed by atoms with Gasteiger partial charge in [0.2, 0.25) is 5.91 Å². The second kappa shape index (κ2) is 8.14. The van der Waals surface area contributed by atoms with Crippen molar-refractivity contribution in [1.82, 2.24) is 9.78 Å². The van der Waals surface area contributed by atoms with Gasteiger partial charge in [0.1, 0.15) is 5.56 Å². The largest absolute Gasteiger partial charge is 0.477 e. The Morgan fingerprint density at radius 2 is 1.89 bits per heavy atom. The molecule has 1 aliphatic rings. The predicted octanol–water partition coefficient (Wildman–Crippen LogP) is 3.11. The van der Waals surface area contributed by atoms with Gasteiger partial charge >= 0.3 is 5.97 Å². The van der Waals surface area contributed by atoms with Crippen molar-refractivity contribution in [3.05, 3.63) is 42.1 Å². The van der Waals surface area contributed by atoms with E-state index in [4.69, 9.17) is 0 Å². The van der Waals surface area contributed by atoms with Crippen LogP contribution >= 0.6 is 0 Å². The van der Waals surface area contributed by atoms with Gasteiger partial charge in [-0.2, -0.15) is 0 Å². The SMILES string of the molecule is CC(C)N(C(=O)[C@H]1CC[C@H](C)C[C@@H]1O)c1nn(-c2ccccc2)cc1C(=O)O. The van der Waals surface area contributed by atoms with Crippen LogP contribution in [-0.4, -0.2) is 44.0 Å². The van der Waals surface area contributed by atoms with Crippen molar-refractivity contribution in [2.75, 3.05) is 4.90 Å². The minimum Gasteiger partial charge on any atom is -0.477 e. The van der Waals surface area contributed by atoms with E-state index in [1.165, 1.54) is 15.8 Å². The Kier molecular flexibility index (Phi) is 5.84. The van der Waals surface area contributed by atoms with Crippen molar-refractivity contribution in [3.8, 4) is 5.69 Å². The smallest absolute Gasteiger partial charge is 0.341 e. The topological polar surface area (TPSA) is 95.7 Å². The summed E-state index contributed by atoms with van der Waals surface area (Å²) in [7, 11) is 0. The van der Waals surface area contributed by atoms with E-state index in [1.54, 1.807) is 0 Å². The van der Waals surface area contributed by atoms with Gasteiger partial charge in [-0.1, -0.05) is 25.1 Å². The van der Waals surface area contributed by atoms with Gasteiger partial charge in [0, 0.05) is 12.2 Å². The quantitative estimate of drug-likeness (QED) is 0.824. The van der Waals surface area contributed by atoms with Crippen LogP contribution < -0.4 is 4.90 Å². The molecule has 0 spiro atoms. The normalized spacial score (nSPS) is 22.2. The molecule has 1 aromatic carbocycles. The number of amides is 1. The monoisotopic (exact) mass is 385 g/mol. The predicted molar refractivity (Wildman–Crippen MR) is 106 cm³/mol. The van der Waals surface area contributed by atoms with Gasteiger partial charge in [-0.3, -0.25) is 9.69 Å². The number of hydrogen-bond acceptors (Lipinski definition) is 4. The minimum absolute atomic E-state index is 0.0374. The zero-order valence-corrected chi connectivity index (χ0v) is 16.4. The number of aliphatic hydroxyl groups excluding tert-OH is 1. The van der Waals surface area contributed by atoms with Gasteiger partial charge in [0.05, 0.1) is 17.7 Å². The lowest BCUT2D eigenvalue weighted by atomic mass is 9.80. The van der Waals surface area contributed by atoms with Crippen molar-refractivity contribution in [2.24, 2.45) is 11.8 Å². The molecule has 1 amide bonds. The van der Waals surface area contributed by atoms with Crippen LogP contribution in [0.1, 0.15) is 50.4 Å². The maximum Gasteiger partial charge on any atom is 0.341 e. The van der Waals surface area contributed by atoms with Crippen LogP contribution in [0.5, 0.6) is 0 Å². The minimum atomic E-state index is -1.14. The Labute approximate surface area is 164 Å². The number of nitrogens with zero attached hydrogens (tertiary/aromatic N) is 3. The summed E-state index contributed by atoms with van der Waals surface area (Å²) in [5, 5.41) is 24.6. The second-order valence-electron chi connectivity index (χ2n) is 7.85. The van der Waals surface area contributed by atoms with E-state index in [0.29, 0.717) is 24.4 Å². The van der Waals surface area contributed by atoms with Crippen molar-refractivity contribution < 1.29 is 19.8 Å². The lowest BCUT2D eigenvalue weighted by Gasteiger charge is -2.35. The van der Waals surface area contributed by atoms with E-state index in [2.05, 4.69) is 12.0 Å². The molecule has 7 heteroatoms. The van der Waals surface area contributed by atoms with E-state index in [9.17, 15) is 19.8 Å². The van der Waals surface area contributed by atoms with Gasteiger partial charge in [-0.25, -0.2) is 9.48 Å². The van der Waals surface area contributed by atoms with Crippen molar-refractivity contribution in [1.29, 1.82) is 0 Å². The highest BCUT2D eigenvalue weighted by atomic mass is 16.4. The molecule has 1 fully saturated rings. The summed E-state index contributed by atoms with van der Waals surface area (Å²) in [5.74, 6) is -1.47. The summed E-state index contributed by atoms with van der Waals surface area (Å²) < 4.78 is 1.47. The lowest BCUT2D eigenvalue weighted by molar-refractivity contribution is -0.128. The highest BCUT2D eigenvalue weighted by Gasteiger charge is 2.38. The van der Waals surface area contributed by atoms with Crippen LogP contribution in [0, 0.1) is 11.8 Å². The molecule has 0 bridgehead atoms. The summed E-state index contributed by atoms with van der Waals surface area (Å²) in [4.78, 5) is 26.6. The summed E-state index contributed by atoms with van der Waals surface area (Å²) in [6, 6.07) is 8.87. The Bertz CT molecular complexity index is 847. The molecule has 28 heavy (non-hydrogen) atoms. The number of aliphatic hydroxyl groups is 1. The summed E-state index contributed by atoms with van der Waals surface area (Å²) in [6.45, 7) is 5.71. The number of para-hydroxylation sites is 1. The molecule has 1 aliphatic carbocycles. The highest BCUT2D eigenvalue weighted by molar-refractivity contribution is 6.02. The Hall–Kier alpha value is -2.67. The number of carboxylic acid groups (broad SMARTS) is 1. The van der Waals surface area contributed by atoms with Gasteiger partial charge in [0.25, 0.3) is 0 Å². The second-order valence-corrected chi connectivity index (χ2v) is 7.85. The van der Waals surface area contributed by atoms with Crippen LogP contribution in [0.15, 0.2) is 36.5 Å². The molecule has 150 valence electrons. The third-order valence-corrected chi connectivity index (χ3v) is 5.32. The van der Waals surface area contributed by atoms with E-state index in [0.717, 1.165) is 6.42 Å². The summed E-state index contributed by atoms with van der Waals surface area (Å²) in [6.07, 6.45) is 2.74. The number of carbonyl (C=O) groups excluding carboxylic acids is 1. The average molecular weight is 385 g/mol. The Balaban J connectivity index is 2.01. The first kappa shape index (κ1) is 20.1. The van der Waals surface area contributed by atoms with Crippen LogP contribution in [0.2, 0.25) is 0 Å². The fourth-order valence-corrected chi connectivity index (χ4v) is 3.83. The summed E-state index contributed by atoms with van der Waals surface area (Å²) >= 11 is 0. The molecule has 1 heterocycles. The number of rotatable bonds is 5. The first-order chi connectivity index (χ1) is 13.3. The molecule has 2 aromatic rings. The zero-order valence-electron chi connectivity index (χ0n) is 16.4. The Morgan fingerprint density at radius 1 is 1.21 bits per heavy atom. The number of carboxylic acids is 1. The van der Waals surface area contributed by atoms with E-state index < -0.39 is 18.0 Å². The molecule has 0 saturated heterocycles. The molecule has 3 rings (SSSR count). The van der Waals surface area contributed by atoms with Gasteiger partial charge in [-0.15, -0.1) is 5.10 Å². The number of aromatic carboxylic acids is 1. The average Bonchev–Trinajstić information content (AvgIpc) is 3.07. The molecule has 0 radical (unpaired) electrons. The standard InChI is InChI=1S/C21H27N3O4/c1-13(2)24(20(26)16-10-9-14(3)11-18(16)25)19-17(21(27)28)12-23(22-19)15-7-5-4-6-8-15/h4-8,12-14,16,18,25H,9-11H2,1-3H3,(H,27,28)/t14-,16-,18-/m0/s1. The number of anilines is 1. The van der Waals surface area contributed by atoms with Gasteiger partial charge in [0.15, 0.2) is 5.82 Å². The fraction of sp³-hybridized carbons (Fsp3) is 0.476. The maximum absolute atomic E-state index is 13.3. The molecule has 7 nitrogen and oxygen atoms in total. The molecular formula is C21H27N3O4. The Morgan fingerprint density at radius 3 is 2.46 bits per heavy atom. The molecule has 2 N–H and O–H groups in total. The molecule has 0 aliphatic heterocycles. The maximum atomic E-state index is 13.3. The number of carbonyl (C=O) groups is 2. The fourth-order valence-electron chi connectivity index (χ4n) is 3.83. The number of hydrogen-bond donors (Lipinski definition) is 2. The van der Waals surface area contributed by atoms with Gasteiger partial charge in [-0.05, 0) is 51.2 Å². The van der Waals surface area contributed by atoms with E-state index in [1.807, 2.05) is 44.2 Å². The number of benzene rings is 1. The first-order valence-corrected chi connectivity index (χ1v) is 9.69. The molecular weight excluding hydrogens is 358 g/mol. The molecule has 1 saturated carbocycles. The van der Waals surface area contributed by atoms with Crippen LogP contribution in [0.3, 0.4) is 0 Å². The summed E-state index contributed by atoms with van der Waals surface area (Å²) in [5.41, 5.74) is 0.670. The van der Waals surface area contributed by atoms with Crippen molar-refractivity contribution in [3.63, 3.8) is 0 Å².